The van der Waals surface area contributed by atoms with E-state index in [1.807, 2.05) is 13.8 Å². The van der Waals surface area contributed by atoms with E-state index in [1.54, 1.807) is 24.0 Å². The van der Waals surface area contributed by atoms with Crippen molar-refractivity contribution in [3.05, 3.63) is 16.0 Å². The van der Waals surface area contributed by atoms with Gasteiger partial charge in [0.05, 0.1) is 15.8 Å². The highest BCUT2D eigenvalue weighted by atomic mass is 127. The van der Waals surface area contributed by atoms with Gasteiger partial charge in [0.2, 0.25) is 5.91 Å². The molecule has 1 amide bonds. The molecule has 1 rings (SSSR count). The molecule has 92 valence electrons. The fourth-order valence-electron chi connectivity index (χ4n) is 1.20. The number of nitrogens with one attached hydrogen (secondary N) is 1. The second-order valence-corrected chi connectivity index (χ2v) is 5.62. The molecule has 0 saturated carbocycles. The number of aromatic nitrogens is 2. The van der Waals surface area contributed by atoms with Gasteiger partial charge in [-0.05, 0) is 35.4 Å². The van der Waals surface area contributed by atoms with E-state index in [0.29, 0.717) is 0 Å². The molecule has 0 aromatic carbocycles. The first-order chi connectivity index (χ1) is 7.87. The molecule has 1 aromatic rings. The summed E-state index contributed by atoms with van der Waals surface area (Å²) in [4.78, 5) is 11.8. The van der Waals surface area contributed by atoms with Crippen molar-refractivity contribution in [3.63, 3.8) is 0 Å². The van der Waals surface area contributed by atoms with E-state index >= 15 is 0 Å². The van der Waals surface area contributed by atoms with Crippen LogP contribution in [0.25, 0.3) is 0 Å². The van der Waals surface area contributed by atoms with Crippen LogP contribution in [-0.2, 0) is 11.3 Å². The van der Waals surface area contributed by atoms with E-state index in [0.717, 1.165) is 3.57 Å². The van der Waals surface area contributed by atoms with Crippen molar-refractivity contribution in [2.45, 2.75) is 32.9 Å². The molecule has 1 N–H and O–H groups in total. The first-order valence-electron chi connectivity index (χ1n) is 5.27. The Kier molecular flexibility index (Phi) is 4.51. The molecule has 0 spiro atoms. The number of amides is 1. The fourth-order valence-corrected chi connectivity index (χ4v) is 1.65. The third-order valence-electron chi connectivity index (χ3n) is 2.69. The Morgan fingerprint density at radius 1 is 1.76 bits per heavy atom. The third kappa shape index (κ3) is 3.70. The van der Waals surface area contributed by atoms with Crippen LogP contribution in [0.4, 0.5) is 0 Å². The highest BCUT2D eigenvalue weighted by molar-refractivity contribution is 14.1. The topological polar surface area (TPSA) is 70.7 Å². The quantitative estimate of drug-likeness (QED) is 0.841. The summed E-state index contributed by atoms with van der Waals surface area (Å²) >= 11 is 2.13. The summed E-state index contributed by atoms with van der Waals surface area (Å²) in [5.41, 5.74) is -0.836. The lowest BCUT2D eigenvalue weighted by molar-refractivity contribution is -0.123. The molecule has 5 nitrogen and oxygen atoms in total. The second-order valence-electron chi connectivity index (χ2n) is 4.37. The highest BCUT2D eigenvalue weighted by Crippen LogP contribution is 2.14. The minimum atomic E-state index is -0.836. The Balaban J connectivity index is 2.64. The highest BCUT2D eigenvalue weighted by Gasteiger charge is 2.29. The number of hydrogen-bond acceptors (Lipinski definition) is 3. The number of nitriles is 1. The van der Waals surface area contributed by atoms with Gasteiger partial charge in [0, 0.05) is 6.20 Å². The minimum Gasteiger partial charge on any atom is -0.336 e. The maximum Gasteiger partial charge on any atom is 0.242 e. The molecule has 0 aliphatic heterocycles. The molecular weight excluding hydrogens is 331 g/mol. The molecule has 0 aliphatic carbocycles. The van der Waals surface area contributed by atoms with Gasteiger partial charge in [-0.15, -0.1) is 0 Å². The molecule has 0 bridgehead atoms. The summed E-state index contributed by atoms with van der Waals surface area (Å²) in [6.45, 7) is 5.66. The zero-order valence-corrected chi connectivity index (χ0v) is 12.2. The Labute approximate surface area is 114 Å². The van der Waals surface area contributed by atoms with E-state index in [-0.39, 0.29) is 18.4 Å². The van der Waals surface area contributed by atoms with Crippen LogP contribution in [0, 0.1) is 20.8 Å². The largest absolute Gasteiger partial charge is 0.336 e. The molecule has 0 aliphatic rings. The monoisotopic (exact) mass is 346 g/mol. The lowest BCUT2D eigenvalue weighted by atomic mass is 9.90. The first kappa shape index (κ1) is 14.0. The summed E-state index contributed by atoms with van der Waals surface area (Å²) in [6.07, 6.45) is 3.46. The molecule has 0 unspecified atom stereocenters. The summed E-state index contributed by atoms with van der Waals surface area (Å²) in [5.74, 6) is -0.156. The smallest absolute Gasteiger partial charge is 0.242 e. The van der Waals surface area contributed by atoms with E-state index in [2.05, 4.69) is 39.1 Å². The Hall–Kier alpha value is -1.10. The maximum absolute atomic E-state index is 11.8. The van der Waals surface area contributed by atoms with Crippen molar-refractivity contribution >= 4 is 28.5 Å². The zero-order chi connectivity index (χ0) is 13.1. The van der Waals surface area contributed by atoms with Crippen molar-refractivity contribution in [1.29, 1.82) is 5.26 Å². The van der Waals surface area contributed by atoms with Crippen molar-refractivity contribution < 1.29 is 4.79 Å². The van der Waals surface area contributed by atoms with Crippen LogP contribution in [0.2, 0.25) is 0 Å². The SMILES string of the molecule is CC(C)[C@](C)(C#N)NC(=O)Cn1cc(I)cn1. The fraction of sp³-hybridized carbons (Fsp3) is 0.545. The molecule has 0 saturated heterocycles. The van der Waals surface area contributed by atoms with Gasteiger partial charge in [-0.3, -0.25) is 9.48 Å². The third-order valence-corrected chi connectivity index (χ3v) is 3.25. The zero-order valence-electron chi connectivity index (χ0n) is 10.1. The van der Waals surface area contributed by atoms with E-state index in [1.165, 1.54) is 0 Å². The van der Waals surface area contributed by atoms with Crippen molar-refractivity contribution in [2.24, 2.45) is 5.92 Å². The molecule has 1 heterocycles. The average molecular weight is 346 g/mol. The molecule has 1 aromatic heterocycles. The van der Waals surface area contributed by atoms with Gasteiger partial charge in [-0.2, -0.15) is 10.4 Å². The van der Waals surface area contributed by atoms with Crippen molar-refractivity contribution in [3.8, 4) is 6.07 Å². The predicted molar refractivity (Wildman–Crippen MR) is 71.9 cm³/mol. The van der Waals surface area contributed by atoms with Gasteiger partial charge in [-0.1, -0.05) is 13.8 Å². The predicted octanol–water partition coefficient (Wildman–Crippen LogP) is 1.54. The van der Waals surface area contributed by atoms with Crippen LogP contribution in [0.1, 0.15) is 20.8 Å². The number of nitrogens with zero attached hydrogens (tertiary/aromatic N) is 3. The van der Waals surface area contributed by atoms with Crippen LogP contribution in [0.5, 0.6) is 0 Å². The average Bonchev–Trinajstić information content (AvgIpc) is 2.63. The van der Waals surface area contributed by atoms with Crippen LogP contribution >= 0.6 is 22.6 Å². The molecule has 1 atom stereocenters. The van der Waals surface area contributed by atoms with Crippen molar-refractivity contribution in [1.82, 2.24) is 15.1 Å². The minimum absolute atomic E-state index is 0.0502. The van der Waals surface area contributed by atoms with Gasteiger partial charge < -0.3 is 5.32 Å². The summed E-state index contributed by atoms with van der Waals surface area (Å²) in [6, 6.07) is 2.14. The summed E-state index contributed by atoms with van der Waals surface area (Å²) in [5, 5.41) is 15.8. The van der Waals surface area contributed by atoms with Crippen molar-refractivity contribution in [2.75, 3.05) is 0 Å². The first-order valence-corrected chi connectivity index (χ1v) is 6.35. The second kappa shape index (κ2) is 5.49. The lowest BCUT2D eigenvalue weighted by Gasteiger charge is -2.27. The summed E-state index contributed by atoms with van der Waals surface area (Å²) < 4.78 is 2.53. The van der Waals surface area contributed by atoms with Crippen LogP contribution < -0.4 is 5.32 Å². The van der Waals surface area contributed by atoms with Gasteiger partial charge >= 0.3 is 0 Å². The van der Waals surface area contributed by atoms with Gasteiger partial charge in [0.15, 0.2) is 0 Å². The normalized spacial score (nSPS) is 14.1. The number of hydrogen-bond donors (Lipinski definition) is 1. The molecule has 0 fully saturated rings. The molecule has 0 radical (unpaired) electrons. The Bertz CT molecular complexity index is 449. The van der Waals surface area contributed by atoms with Crippen LogP contribution in [0.15, 0.2) is 12.4 Å². The molecule has 17 heavy (non-hydrogen) atoms. The van der Waals surface area contributed by atoms with Gasteiger partial charge in [-0.25, -0.2) is 0 Å². The van der Waals surface area contributed by atoms with E-state index < -0.39 is 5.54 Å². The van der Waals surface area contributed by atoms with E-state index in [9.17, 15) is 4.79 Å². The molecular formula is C11H15IN4O. The van der Waals surface area contributed by atoms with Gasteiger partial charge in [0.1, 0.15) is 12.1 Å². The Morgan fingerprint density at radius 3 is 2.82 bits per heavy atom. The Morgan fingerprint density at radius 2 is 2.41 bits per heavy atom. The standard InChI is InChI=1S/C11H15IN4O/c1-8(2)11(3,7-13)15-10(17)6-16-5-9(12)4-14-16/h4-5,8H,6H2,1-3H3,(H,15,17)/t11-/m0/s1. The molecule has 6 heteroatoms. The van der Waals surface area contributed by atoms with Gasteiger partial charge in [0.25, 0.3) is 0 Å². The number of carbonyl (C=O) groups is 1. The number of carbonyl (C=O) groups excluding carboxylic acids is 1. The summed E-state index contributed by atoms with van der Waals surface area (Å²) in [7, 11) is 0. The number of rotatable bonds is 4. The lowest BCUT2D eigenvalue weighted by Crippen LogP contribution is -2.49. The van der Waals surface area contributed by atoms with Crippen LogP contribution in [-0.4, -0.2) is 21.2 Å². The number of halogens is 1. The maximum atomic E-state index is 11.8. The van der Waals surface area contributed by atoms with Crippen LogP contribution in [0.3, 0.4) is 0 Å². The van der Waals surface area contributed by atoms with E-state index in [4.69, 9.17) is 5.26 Å².